The highest BCUT2D eigenvalue weighted by molar-refractivity contribution is 6.06. The number of hydrogen-bond donors (Lipinski definition) is 1. The molecule has 14 heteroatoms. The zero-order valence-corrected chi connectivity index (χ0v) is 18.9. The number of hydrogen-bond acceptors (Lipinski definition) is 5. The smallest absolute Gasteiger partial charge is 0.425 e. The Kier molecular flexibility index (Phi) is 7.27. The van der Waals surface area contributed by atoms with Crippen LogP contribution in [-0.4, -0.2) is 38.3 Å². The SMILES string of the molecule is CCC(=O)c1nn(-c2cc(O[C@@H](C)C(F)(F)F)c(C(=O)Nc3c(F)cccc3F)cc2F)c(=O)n1C. The third kappa shape index (κ3) is 5.11. The highest BCUT2D eigenvalue weighted by Crippen LogP contribution is 2.31. The molecular weight excluding hydrogens is 498 g/mol. The summed E-state index contributed by atoms with van der Waals surface area (Å²) in [5.74, 6) is -6.89. The van der Waals surface area contributed by atoms with Crippen LogP contribution in [0.15, 0.2) is 35.1 Å². The van der Waals surface area contributed by atoms with Gasteiger partial charge in [0.05, 0.1) is 5.56 Å². The topological polar surface area (TPSA) is 95.2 Å². The Bertz CT molecular complexity index is 1380. The van der Waals surface area contributed by atoms with E-state index in [1.807, 2.05) is 5.32 Å². The first kappa shape index (κ1) is 26.5. The van der Waals surface area contributed by atoms with Crippen LogP contribution in [0, 0.1) is 17.5 Å². The fraction of sp³-hybridized carbons (Fsp3) is 0.273. The molecule has 0 aliphatic heterocycles. The number of carbonyl (C=O) groups excluding carboxylic acids is 2. The number of ether oxygens (including phenoxy) is 1. The molecule has 0 aliphatic rings. The number of ketones is 1. The fourth-order valence-electron chi connectivity index (χ4n) is 3.03. The average molecular weight is 516 g/mol. The Morgan fingerprint density at radius 3 is 2.28 bits per heavy atom. The van der Waals surface area contributed by atoms with Gasteiger partial charge in [0.25, 0.3) is 5.91 Å². The second-order valence-electron chi connectivity index (χ2n) is 7.51. The minimum atomic E-state index is -4.91. The number of rotatable bonds is 7. The van der Waals surface area contributed by atoms with E-state index in [0.717, 1.165) is 22.8 Å². The summed E-state index contributed by atoms with van der Waals surface area (Å²) < 4.78 is 88.5. The van der Waals surface area contributed by atoms with Crippen LogP contribution in [0.25, 0.3) is 5.69 Å². The van der Waals surface area contributed by atoms with Gasteiger partial charge in [0, 0.05) is 19.5 Å². The lowest BCUT2D eigenvalue weighted by Crippen LogP contribution is -2.32. The Morgan fingerprint density at radius 1 is 1.11 bits per heavy atom. The van der Waals surface area contributed by atoms with Crippen molar-refractivity contribution in [3.63, 3.8) is 0 Å². The van der Waals surface area contributed by atoms with Gasteiger partial charge in [-0.25, -0.2) is 18.0 Å². The summed E-state index contributed by atoms with van der Waals surface area (Å²) in [7, 11) is 1.18. The third-order valence-electron chi connectivity index (χ3n) is 5.04. The number of Topliss-reactive ketones (excluding diaryl/α,β-unsaturated/α-hetero) is 1. The first-order chi connectivity index (χ1) is 16.8. The number of amides is 1. The predicted octanol–water partition coefficient (Wildman–Crippen LogP) is 4.16. The Morgan fingerprint density at radius 2 is 1.72 bits per heavy atom. The van der Waals surface area contributed by atoms with Crippen molar-refractivity contribution < 1.29 is 40.7 Å². The minimum absolute atomic E-state index is 0.0457. The zero-order valence-electron chi connectivity index (χ0n) is 18.9. The molecule has 0 spiro atoms. The van der Waals surface area contributed by atoms with Crippen LogP contribution in [0.3, 0.4) is 0 Å². The van der Waals surface area contributed by atoms with Gasteiger partial charge in [-0.3, -0.25) is 14.2 Å². The van der Waals surface area contributed by atoms with Crippen LogP contribution in [0.4, 0.5) is 32.0 Å². The van der Waals surface area contributed by atoms with E-state index in [-0.39, 0.29) is 12.2 Å². The lowest BCUT2D eigenvalue weighted by atomic mass is 10.1. The summed E-state index contributed by atoms with van der Waals surface area (Å²) in [4.78, 5) is 37.3. The van der Waals surface area contributed by atoms with Gasteiger partial charge in [-0.15, -0.1) is 5.10 Å². The molecule has 1 N–H and O–H groups in total. The van der Waals surface area contributed by atoms with Crippen LogP contribution < -0.4 is 15.7 Å². The minimum Gasteiger partial charge on any atom is -0.480 e. The number of para-hydroxylation sites is 1. The number of alkyl halides is 3. The van der Waals surface area contributed by atoms with Crippen LogP contribution >= 0.6 is 0 Å². The number of carbonyl (C=O) groups is 2. The van der Waals surface area contributed by atoms with Gasteiger partial charge in [-0.1, -0.05) is 13.0 Å². The number of nitrogens with zero attached hydrogens (tertiary/aromatic N) is 3. The molecular formula is C22H18F6N4O4. The van der Waals surface area contributed by atoms with E-state index in [9.17, 15) is 36.3 Å². The molecule has 0 unspecified atom stereocenters. The number of aromatic nitrogens is 3. The van der Waals surface area contributed by atoms with Gasteiger partial charge in [0.1, 0.15) is 34.6 Å². The van der Waals surface area contributed by atoms with E-state index in [2.05, 4.69) is 5.10 Å². The van der Waals surface area contributed by atoms with Crippen molar-refractivity contribution in [3.05, 3.63) is 69.7 Å². The lowest BCUT2D eigenvalue weighted by Gasteiger charge is -2.20. The Hall–Kier alpha value is -4.10. The highest BCUT2D eigenvalue weighted by Gasteiger charge is 2.39. The van der Waals surface area contributed by atoms with Crippen molar-refractivity contribution in [1.82, 2.24) is 14.3 Å². The zero-order chi connectivity index (χ0) is 26.9. The van der Waals surface area contributed by atoms with Crippen molar-refractivity contribution >= 4 is 17.4 Å². The lowest BCUT2D eigenvalue weighted by molar-refractivity contribution is -0.189. The van der Waals surface area contributed by atoms with E-state index in [1.54, 1.807) is 0 Å². The second-order valence-corrected chi connectivity index (χ2v) is 7.51. The van der Waals surface area contributed by atoms with Gasteiger partial charge in [-0.05, 0) is 25.1 Å². The van der Waals surface area contributed by atoms with Crippen molar-refractivity contribution in [3.8, 4) is 11.4 Å². The molecule has 1 amide bonds. The number of halogens is 6. The first-order valence-corrected chi connectivity index (χ1v) is 10.3. The Labute approximate surface area is 199 Å². The summed E-state index contributed by atoms with van der Waals surface area (Å²) in [6.07, 6.45) is -7.47. The van der Waals surface area contributed by atoms with Crippen LogP contribution in [0.1, 0.15) is 41.2 Å². The molecule has 0 saturated heterocycles. The molecule has 1 heterocycles. The van der Waals surface area contributed by atoms with Crippen LogP contribution in [0.2, 0.25) is 0 Å². The van der Waals surface area contributed by atoms with Crippen LogP contribution in [-0.2, 0) is 7.05 Å². The van der Waals surface area contributed by atoms with E-state index < -0.39 is 69.8 Å². The van der Waals surface area contributed by atoms with Crippen molar-refractivity contribution in [2.75, 3.05) is 5.32 Å². The van der Waals surface area contributed by atoms with E-state index in [0.29, 0.717) is 23.7 Å². The molecule has 1 aromatic heterocycles. The van der Waals surface area contributed by atoms with Gasteiger partial charge >= 0.3 is 11.9 Å². The summed E-state index contributed by atoms with van der Waals surface area (Å²) in [5, 5.41) is 5.58. The molecule has 3 rings (SSSR count). The molecule has 1 atom stereocenters. The van der Waals surface area contributed by atoms with Gasteiger partial charge in [0.2, 0.25) is 5.82 Å². The van der Waals surface area contributed by atoms with Crippen molar-refractivity contribution in [1.29, 1.82) is 0 Å². The van der Waals surface area contributed by atoms with Crippen LogP contribution in [0.5, 0.6) is 5.75 Å². The molecule has 0 bridgehead atoms. The average Bonchev–Trinajstić information content (AvgIpc) is 3.10. The predicted molar refractivity (Wildman–Crippen MR) is 114 cm³/mol. The summed E-state index contributed by atoms with van der Waals surface area (Å²) in [6.45, 7) is 2.09. The molecule has 192 valence electrons. The molecule has 0 fully saturated rings. The number of anilines is 1. The maximum Gasteiger partial charge on any atom is 0.425 e. The fourth-order valence-corrected chi connectivity index (χ4v) is 3.03. The van der Waals surface area contributed by atoms with Gasteiger partial charge in [0.15, 0.2) is 11.9 Å². The monoisotopic (exact) mass is 516 g/mol. The number of nitrogens with one attached hydrogen (secondary N) is 1. The van der Waals surface area contributed by atoms with E-state index in [4.69, 9.17) is 4.74 Å². The van der Waals surface area contributed by atoms with E-state index in [1.165, 1.54) is 14.0 Å². The second kappa shape index (κ2) is 9.87. The summed E-state index contributed by atoms with van der Waals surface area (Å²) >= 11 is 0. The quantitative estimate of drug-likeness (QED) is 0.376. The maximum atomic E-state index is 15.0. The highest BCUT2D eigenvalue weighted by atomic mass is 19.4. The van der Waals surface area contributed by atoms with Crippen molar-refractivity contribution in [2.24, 2.45) is 7.05 Å². The van der Waals surface area contributed by atoms with Crippen molar-refractivity contribution in [2.45, 2.75) is 32.5 Å². The largest absolute Gasteiger partial charge is 0.480 e. The molecule has 0 saturated carbocycles. The summed E-state index contributed by atoms with van der Waals surface area (Å²) in [5.41, 5.74) is -3.52. The number of benzene rings is 2. The maximum absolute atomic E-state index is 15.0. The standard InChI is InChI=1S/C22H18F6N4O4/c1-4-16(33)19-30-32(21(35)31(19)3)15-9-17(36-10(2)22(26,27)28)11(8-14(15)25)20(34)29-18-12(23)6-5-7-13(18)24/h5-10H,4H2,1-3H3,(H,29,34)/t10-/m0/s1. The molecule has 8 nitrogen and oxygen atoms in total. The molecule has 0 aliphatic carbocycles. The molecule has 0 radical (unpaired) electrons. The molecule has 2 aromatic carbocycles. The van der Waals surface area contributed by atoms with Gasteiger partial charge in [-0.2, -0.15) is 17.9 Å². The summed E-state index contributed by atoms with van der Waals surface area (Å²) in [6, 6.07) is 3.65. The molecule has 3 aromatic rings. The Balaban J connectivity index is 2.16. The van der Waals surface area contributed by atoms with E-state index >= 15 is 4.39 Å². The normalized spacial score (nSPS) is 12.4. The van der Waals surface area contributed by atoms with Gasteiger partial charge < -0.3 is 10.1 Å². The third-order valence-corrected chi connectivity index (χ3v) is 5.04. The first-order valence-electron chi connectivity index (χ1n) is 10.3. The molecule has 36 heavy (non-hydrogen) atoms.